The third-order valence-corrected chi connectivity index (χ3v) is 5.26. The van der Waals surface area contributed by atoms with Crippen molar-refractivity contribution in [3.05, 3.63) is 15.9 Å². The molecule has 0 aliphatic heterocycles. The molecule has 1 fully saturated rings. The summed E-state index contributed by atoms with van der Waals surface area (Å²) in [6.07, 6.45) is 7.77. The topological polar surface area (TPSA) is 29.9 Å². The van der Waals surface area contributed by atoms with Crippen molar-refractivity contribution in [3.8, 4) is 0 Å². The van der Waals surface area contributed by atoms with Gasteiger partial charge in [-0.3, -0.25) is 4.68 Å². The lowest BCUT2D eigenvalue weighted by molar-refractivity contribution is 0.422. The first kappa shape index (κ1) is 16.0. The van der Waals surface area contributed by atoms with Crippen molar-refractivity contribution < 1.29 is 0 Å². The van der Waals surface area contributed by atoms with Crippen molar-refractivity contribution in [2.45, 2.75) is 71.9 Å². The molecule has 0 saturated heterocycles. The van der Waals surface area contributed by atoms with Crippen LogP contribution in [0.2, 0.25) is 0 Å². The van der Waals surface area contributed by atoms with Gasteiger partial charge in [0.2, 0.25) is 0 Å². The predicted octanol–water partition coefficient (Wildman–Crippen LogP) is 4.07. The van der Waals surface area contributed by atoms with Crippen molar-refractivity contribution in [2.24, 2.45) is 5.92 Å². The second-order valence-corrected chi connectivity index (χ2v) is 6.75. The molecule has 1 heterocycles. The van der Waals surface area contributed by atoms with Crippen molar-refractivity contribution >= 4 is 15.9 Å². The largest absolute Gasteiger partial charge is 0.314 e. The first-order valence-electron chi connectivity index (χ1n) is 8.12. The normalized spacial score (nSPS) is 16.6. The number of rotatable bonds is 9. The summed E-state index contributed by atoms with van der Waals surface area (Å²) < 4.78 is 3.36. The molecule has 0 spiro atoms. The van der Waals surface area contributed by atoms with Crippen LogP contribution < -0.4 is 5.32 Å². The fourth-order valence-corrected chi connectivity index (χ4v) is 3.41. The van der Waals surface area contributed by atoms with E-state index in [1.807, 2.05) is 0 Å². The number of halogens is 1. The molecule has 114 valence electrons. The molecule has 1 N–H and O–H groups in total. The van der Waals surface area contributed by atoms with Gasteiger partial charge in [-0.05, 0) is 80.8 Å². The van der Waals surface area contributed by atoms with Crippen molar-refractivity contribution in [1.82, 2.24) is 15.1 Å². The van der Waals surface area contributed by atoms with Gasteiger partial charge in [-0.1, -0.05) is 6.92 Å². The minimum absolute atomic E-state index is 0.743. The summed E-state index contributed by atoms with van der Waals surface area (Å²) in [4.78, 5) is 0. The summed E-state index contributed by atoms with van der Waals surface area (Å²) in [5.74, 6) is 0.947. The average molecular weight is 342 g/mol. The Morgan fingerprint density at radius 1 is 1.40 bits per heavy atom. The molecule has 0 bridgehead atoms. The number of aromatic nitrogens is 2. The van der Waals surface area contributed by atoms with Crippen LogP contribution in [0.4, 0.5) is 0 Å². The Morgan fingerprint density at radius 3 is 2.75 bits per heavy atom. The maximum absolute atomic E-state index is 4.58. The number of nitrogens with zero attached hydrogens (tertiary/aromatic N) is 2. The molecular formula is C16H28BrN3. The van der Waals surface area contributed by atoms with Gasteiger partial charge in [-0.25, -0.2) is 0 Å². The Labute approximate surface area is 131 Å². The summed E-state index contributed by atoms with van der Waals surface area (Å²) in [6, 6.07) is 0.743. The number of aryl methyl sites for hydroxylation is 2. The Kier molecular flexibility index (Phi) is 6.09. The fraction of sp³-hybridized carbons (Fsp3) is 0.812. The van der Waals surface area contributed by atoms with E-state index in [9.17, 15) is 0 Å². The second-order valence-electron chi connectivity index (χ2n) is 5.95. The van der Waals surface area contributed by atoms with Gasteiger partial charge in [0.15, 0.2) is 0 Å². The van der Waals surface area contributed by atoms with E-state index in [1.165, 1.54) is 42.3 Å². The van der Waals surface area contributed by atoms with Crippen LogP contribution >= 0.6 is 15.9 Å². The summed E-state index contributed by atoms with van der Waals surface area (Å²) in [5, 5.41) is 8.31. The van der Waals surface area contributed by atoms with E-state index < -0.39 is 0 Å². The third-order valence-electron chi connectivity index (χ3n) is 4.23. The minimum atomic E-state index is 0.743. The van der Waals surface area contributed by atoms with Crippen LogP contribution in [-0.2, 0) is 13.0 Å². The van der Waals surface area contributed by atoms with Gasteiger partial charge in [0.05, 0.1) is 15.9 Å². The molecule has 1 aromatic rings. The third kappa shape index (κ3) is 4.08. The van der Waals surface area contributed by atoms with E-state index in [0.29, 0.717) is 0 Å². The van der Waals surface area contributed by atoms with Crippen molar-refractivity contribution in [1.29, 1.82) is 0 Å². The Balaban J connectivity index is 1.85. The zero-order valence-corrected chi connectivity index (χ0v) is 14.7. The van der Waals surface area contributed by atoms with Gasteiger partial charge in [-0.2, -0.15) is 5.10 Å². The van der Waals surface area contributed by atoms with Crippen molar-refractivity contribution in [3.63, 3.8) is 0 Å². The molecule has 1 aliphatic rings. The average Bonchev–Trinajstić information content (AvgIpc) is 3.24. The number of hydrogen-bond acceptors (Lipinski definition) is 2. The summed E-state index contributed by atoms with van der Waals surface area (Å²) in [6.45, 7) is 8.61. The highest BCUT2D eigenvalue weighted by molar-refractivity contribution is 9.10. The molecule has 1 saturated carbocycles. The highest BCUT2D eigenvalue weighted by atomic mass is 79.9. The van der Waals surface area contributed by atoms with E-state index in [4.69, 9.17) is 0 Å². The van der Waals surface area contributed by atoms with E-state index in [0.717, 1.165) is 37.2 Å². The first-order valence-corrected chi connectivity index (χ1v) is 8.91. The molecule has 1 unspecified atom stereocenters. The van der Waals surface area contributed by atoms with Gasteiger partial charge in [0.1, 0.15) is 0 Å². The number of hydrogen-bond donors (Lipinski definition) is 1. The summed E-state index contributed by atoms with van der Waals surface area (Å²) in [5.41, 5.74) is 2.49. The van der Waals surface area contributed by atoms with Crippen LogP contribution in [0.1, 0.15) is 57.3 Å². The molecule has 20 heavy (non-hydrogen) atoms. The molecule has 2 rings (SSSR count). The second kappa shape index (κ2) is 7.60. The highest BCUT2D eigenvalue weighted by Crippen LogP contribution is 2.35. The van der Waals surface area contributed by atoms with E-state index >= 15 is 0 Å². The fourth-order valence-electron chi connectivity index (χ4n) is 2.93. The molecule has 4 heteroatoms. The Hall–Kier alpha value is -0.350. The molecule has 3 nitrogen and oxygen atoms in total. The van der Waals surface area contributed by atoms with E-state index in [1.54, 1.807) is 0 Å². The lowest BCUT2D eigenvalue weighted by atomic mass is 10.0. The van der Waals surface area contributed by atoms with Crippen LogP contribution in [-0.4, -0.2) is 22.4 Å². The molecule has 0 radical (unpaired) electrons. The van der Waals surface area contributed by atoms with Gasteiger partial charge >= 0.3 is 0 Å². The highest BCUT2D eigenvalue weighted by Gasteiger charge is 2.30. The predicted molar refractivity (Wildman–Crippen MR) is 88.1 cm³/mol. The van der Waals surface area contributed by atoms with Gasteiger partial charge in [0.25, 0.3) is 0 Å². The zero-order chi connectivity index (χ0) is 14.5. The molecule has 0 aromatic carbocycles. The van der Waals surface area contributed by atoms with Crippen molar-refractivity contribution in [2.75, 3.05) is 6.54 Å². The summed E-state index contributed by atoms with van der Waals surface area (Å²) >= 11 is 3.69. The van der Waals surface area contributed by atoms with Crippen LogP contribution in [0.15, 0.2) is 4.47 Å². The Bertz CT molecular complexity index is 424. The van der Waals surface area contributed by atoms with Gasteiger partial charge in [0, 0.05) is 12.6 Å². The molecule has 1 aromatic heterocycles. The standard InChI is InChI=1S/C16H28BrN3/c1-4-11-18-14(13-9-10-13)7-6-8-15-16(17)12(3)19-20(15)5-2/h13-14,18H,4-11H2,1-3H3. The quantitative estimate of drug-likeness (QED) is 0.733. The minimum Gasteiger partial charge on any atom is -0.314 e. The monoisotopic (exact) mass is 341 g/mol. The molecular weight excluding hydrogens is 314 g/mol. The maximum atomic E-state index is 4.58. The van der Waals surface area contributed by atoms with E-state index in [-0.39, 0.29) is 0 Å². The summed E-state index contributed by atoms with van der Waals surface area (Å²) in [7, 11) is 0. The molecule has 1 atom stereocenters. The van der Waals surface area contributed by atoms with Gasteiger partial charge in [-0.15, -0.1) is 0 Å². The van der Waals surface area contributed by atoms with Crippen LogP contribution in [0, 0.1) is 12.8 Å². The van der Waals surface area contributed by atoms with Crippen LogP contribution in [0.5, 0.6) is 0 Å². The molecule has 0 amide bonds. The lowest BCUT2D eigenvalue weighted by Gasteiger charge is -2.18. The smallest absolute Gasteiger partial charge is 0.0738 e. The van der Waals surface area contributed by atoms with E-state index in [2.05, 4.69) is 51.8 Å². The SMILES string of the molecule is CCCNC(CCCc1c(Br)c(C)nn1CC)C1CC1. The lowest BCUT2D eigenvalue weighted by Crippen LogP contribution is -2.31. The Morgan fingerprint density at radius 2 is 2.15 bits per heavy atom. The van der Waals surface area contributed by atoms with Crippen LogP contribution in [0.3, 0.4) is 0 Å². The van der Waals surface area contributed by atoms with Crippen LogP contribution in [0.25, 0.3) is 0 Å². The number of nitrogens with one attached hydrogen (secondary N) is 1. The zero-order valence-electron chi connectivity index (χ0n) is 13.1. The van der Waals surface area contributed by atoms with Gasteiger partial charge < -0.3 is 5.32 Å². The molecule has 1 aliphatic carbocycles. The maximum Gasteiger partial charge on any atom is 0.0738 e. The first-order chi connectivity index (χ1) is 9.67.